The highest BCUT2D eigenvalue weighted by atomic mass is 19.2. The fourth-order valence-electron chi connectivity index (χ4n) is 1.01. The molecule has 92 valence electrons. The van der Waals surface area contributed by atoms with Crippen LogP contribution in [0.2, 0.25) is 0 Å². The number of benzene rings is 1. The van der Waals surface area contributed by atoms with Crippen LogP contribution in [0.4, 0.5) is 13.2 Å². The van der Waals surface area contributed by atoms with Crippen molar-refractivity contribution < 1.29 is 22.7 Å². The molecule has 4 radical (unpaired) electrons. The van der Waals surface area contributed by atoms with Crippen LogP contribution >= 0.6 is 0 Å². The molecule has 0 amide bonds. The lowest BCUT2D eigenvalue weighted by molar-refractivity contribution is -0.143. The molecule has 1 aromatic carbocycles. The van der Waals surface area contributed by atoms with Crippen molar-refractivity contribution in [2.45, 2.75) is 20.8 Å². The first-order valence-corrected chi connectivity index (χ1v) is 5.01. The van der Waals surface area contributed by atoms with Gasteiger partial charge in [0, 0.05) is 0 Å². The van der Waals surface area contributed by atoms with Crippen LogP contribution in [0.1, 0.15) is 20.8 Å². The monoisotopic (exact) mass is 252 g/mol. The SMILES string of the molecule is [B]c1c([B])c(F)c(OC(=O)C(C)(C)C)c(F)c1F. The minimum Gasteiger partial charge on any atom is -0.420 e. The summed E-state index contributed by atoms with van der Waals surface area (Å²) in [4.78, 5) is 11.5. The van der Waals surface area contributed by atoms with Gasteiger partial charge in [0.25, 0.3) is 0 Å². The summed E-state index contributed by atoms with van der Waals surface area (Å²) in [7, 11) is 10.2. The van der Waals surface area contributed by atoms with Gasteiger partial charge >= 0.3 is 5.97 Å². The molecule has 0 aliphatic rings. The molecule has 0 heterocycles. The lowest BCUT2D eigenvalue weighted by Gasteiger charge is -2.18. The minimum absolute atomic E-state index is 0.800. The normalized spacial score (nSPS) is 11.4. The van der Waals surface area contributed by atoms with Crippen molar-refractivity contribution >= 4 is 32.6 Å². The maximum absolute atomic E-state index is 13.6. The molecule has 0 aromatic heterocycles. The summed E-state index contributed by atoms with van der Waals surface area (Å²) in [6.45, 7) is 4.42. The van der Waals surface area contributed by atoms with E-state index in [9.17, 15) is 18.0 Å². The third-order valence-corrected chi connectivity index (χ3v) is 2.16. The van der Waals surface area contributed by atoms with Gasteiger partial charge in [-0.2, -0.15) is 4.39 Å². The topological polar surface area (TPSA) is 26.3 Å². The maximum atomic E-state index is 13.6. The Morgan fingerprint density at radius 2 is 1.44 bits per heavy atom. The standard InChI is InChI=1S/C11H9B2F3O2/c1-11(2,3)10(17)18-9-7(15)5(13)4(12)6(14)8(9)16/h1-3H3. The fraction of sp³-hybridized carbons (Fsp3) is 0.364. The molecule has 0 bridgehead atoms. The van der Waals surface area contributed by atoms with Crippen molar-refractivity contribution in [3.63, 3.8) is 0 Å². The van der Waals surface area contributed by atoms with Crippen LogP contribution in [0.3, 0.4) is 0 Å². The molecule has 0 atom stereocenters. The van der Waals surface area contributed by atoms with Gasteiger partial charge in [-0.3, -0.25) is 4.79 Å². The van der Waals surface area contributed by atoms with Crippen LogP contribution in [0.5, 0.6) is 5.75 Å². The van der Waals surface area contributed by atoms with Gasteiger partial charge in [0.05, 0.1) is 5.41 Å². The predicted molar refractivity (Wildman–Crippen MR) is 62.2 cm³/mol. The number of hydrogen-bond acceptors (Lipinski definition) is 2. The Bertz CT molecular complexity index is 481. The van der Waals surface area contributed by atoms with E-state index in [1.165, 1.54) is 20.8 Å². The van der Waals surface area contributed by atoms with E-state index in [4.69, 9.17) is 15.7 Å². The van der Waals surface area contributed by atoms with E-state index in [0.29, 0.717) is 0 Å². The summed E-state index contributed by atoms with van der Waals surface area (Å²) < 4.78 is 44.7. The Morgan fingerprint density at radius 1 is 1.00 bits per heavy atom. The smallest absolute Gasteiger partial charge is 0.316 e. The summed E-state index contributed by atoms with van der Waals surface area (Å²) in [5, 5.41) is 0. The van der Waals surface area contributed by atoms with Gasteiger partial charge < -0.3 is 4.74 Å². The van der Waals surface area contributed by atoms with Crippen molar-refractivity contribution in [2.75, 3.05) is 0 Å². The molecule has 0 saturated heterocycles. The van der Waals surface area contributed by atoms with Crippen LogP contribution in [-0.2, 0) is 4.79 Å². The zero-order valence-electron chi connectivity index (χ0n) is 10.1. The number of carbonyl (C=O) groups excluding carboxylic acids is 1. The van der Waals surface area contributed by atoms with E-state index in [0.717, 1.165) is 0 Å². The third kappa shape index (κ3) is 2.54. The highest BCUT2D eigenvalue weighted by molar-refractivity contribution is 6.48. The fourth-order valence-corrected chi connectivity index (χ4v) is 1.01. The molecular weight excluding hydrogens is 243 g/mol. The molecule has 0 aliphatic heterocycles. The zero-order chi connectivity index (χ0) is 14.2. The van der Waals surface area contributed by atoms with E-state index in [-0.39, 0.29) is 0 Å². The van der Waals surface area contributed by atoms with Crippen LogP contribution < -0.4 is 15.7 Å². The third-order valence-electron chi connectivity index (χ3n) is 2.16. The second-order valence-corrected chi connectivity index (χ2v) is 4.74. The molecule has 7 heteroatoms. The van der Waals surface area contributed by atoms with E-state index in [2.05, 4.69) is 4.74 Å². The predicted octanol–water partition coefficient (Wildman–Crippen LogP) is 0.643. The lowest BCUT2D eigenvalue weighted by Crippen LogP contribution is -2.35. The molecule has 0 saturated carbocycles. The van der Waals surface area contributed by atoms with Gasteiger partial charge in [-0.15, -0.1) is 0 Å². The first kappa shape index (κ1) is 14.7. The Balaban J connectivity index is 3.31. The number of halogens is 3. The Kier molecular flexibility index (Phi) is 3.84. The van der Waals surface area contributed by atoms with Crippen molar-refractivity contribution in [2.24, 2.45) is 5.41 Å². The second kappa shape index (κ2) is 4.71. The van der Waals surface area contributed by atoms with E-state index < -0.39 is 45.5 Å². The van der Waals surface area contributed by atoms with Gasteiger partial charge in [0.2, 0.25) is 11.6 Å². The summed E-state index contributed by atoms with van der Waals surface area (Å²) in [6.07, 6.45) is 0. The highest BCUT2D eigenvalue weighted by Crippen LogP contribution is 2.24. The number of ether oxygens (including phenoxy) is 1. The van der Waals surface area contributed by atoms with Crippen LogP contribution in [0.25, 0.3) is 0 Å². The molecule has 0 fully saturated rings. The maximum Gasteiger partial charge on any atom is 0.316 e. The Morgan fingerprint density at radius 3 is 1.89 bits per heavy atom. The lowest BCUT2D eigenvalue weighted by atomic mass is 9.79. The average Bonchev–Trinajstić information content (AvgIpc) is 2.28. The number of rotatable bonds is 1. The number of hydrogen-bond donors (Lipinski definition) is 0. The first-order chi connectivity index (χ1) is 8.07. The summed E-state index contributed by atoms with van der Waals surface area (Å²) >= 11 is 0. The molecule has 2 nitrogen and oxygen atoms in total. The van der Waals surface area contributed by atoms with Gasteiger partial charge in [-0.05, 0) is 20.8 Å². The average molecular weight is 252 g/mol. The molecule has 1 aromatic rings. The van der Waals surface area contributed by atoms with Crippen molar-refractivity contribution in [3.8, 4) is 5.75 Å². The van der Waals surface area contributed by atoms with Gasteiger partial charge in [0.1, 0.15) is 15.7 Å². The molecule has 0 spiro atoms. The Labute approximate surface area is 105 Å². The molecular formula is C11H9B2F3O2. The summed E-state index contributed by atoms with van der Waals surface area (Å²) in [5.41, 5.74) is -2.67. The van der Waals surface area contributed by atoms with E-state index in [1.807, 2.05) is 0 Å². The van der Waals surface area contributed by atoms with Crippen molar-refractivity contribution in [3.05, 3.63) is 17.5 Å². The van der Waals surface area contributed by atoms with Gasteiger partial charge in [0.15, 0.2) is 11.6 Å². The molecule has 18 heavy (non-hydrogen) atoms. The van der Waals surface area contributed by atoms with Gasteiger partial charge in [-0.1, -0.05) is 10.9 Å². The second-order valence-electron chi connectivity index (χ2n) is 4.74. The molecule has 0 aliphatic carbocycles. The zero-order valence-corrected chi connectivity index (χ0v) is 10.1. The van der Waals surface area contributed by atoms with E-state index in [1.54, 1.807) is 0 Å². The van der Waals surface area contributed by atoms with Crippen molar-refractivity contribution in [1.29, 1.82) is 0 Å². The summed E-state index contributed by atoms with van der Waals surface area (Å²) in [5.74, 6) is -6.74. The Hall–Kier alpha value is -1.39. The number of esters is 1. The molecule has 0 N–H and O–H groups in total. The minimum atomic E-state index is -1.68. The van der Waals surface area contributed by atoms with E-state index >= 15 is 0 Å². The number of carbonyl (C=O) groups is 1. The van der Waals surface area contributed by atoms with Crippen LogP contribution in [0.15, 0.2) is 0 Å². The largest absolute Gasteiger partial charge is 0.420 e. The molecule has 0 unspecified atom stereocenters. The van der Waals surface area contributed by atoms with Crippen LogP contribution in [-0.4, -0.2) is 21.7 Å². The van der Waals surface area contributed by atoms with Crippen LogP contribution in [0, 0.1) is 22.9 Å². The highest BCUT2D eigenvalue weighted by Gasteiger charge is 2.29. The van der Waals surface area contributed by atoms with Crippen molar-refractivity contribution in [1.82, 2.24) is 0 Å². The summed E-state index contributed by atoms with van der Waals surface area (Å²) in [6, 6.07) is 0. The van der Waals surface area contributed by atoms with Gasteiger partial charge in [-0.25, -0.2) is 8.78 Å². The first-order valence-electron chi connectivity index (χ1n) is 5.01. The quantitative estimate of drug-likeness (QED) is 0.317. The molecule has 1 rings (SSSR count).